The molecule has 0 radical (unpaired) electrons. The SMILES string of the molecule is CCCCCCCCCC#CC#CCCCCCCCCC.CCCCCCCCCCNCCCCCCCCCC. The highest BCUT2D eigenvalue weighted by atomic mass is 14.8. The van der Waals surface area contributed by atoms with Crippen molar-refractivity contribution in [2.75, 3.05) is 13.1 Å². The quantitative estimate of drug-likeness (QED) is 0.0599. The van der Waals surface area contributed by atoms with E-state index in [-0.39, 0.29) is 0 Å². The third-order valence-electron chi connectivity index (χ3n) is 8.46. The van der Waals surface area contributed by atoms with Crippen LogP contribution in [0.15, 0.2) is 0 Å². The van der Waals surface area contributed by atoms with Crippen molar-refractivity contribution < 1.29 is 0 Å². The lowest BCUT2D eigenvalue weighted by Crippen LogP contribution is -2.16. The van der Waals surface area contributed by atoms with Crippen LogP contribution in [-0.4, -0.2) is 13.1 Å². The molecular weight excluding hydrogens is 518 g/mol. The number of hydrogen-bond donors (Lipinski definition) is 1. The molecule has 0 bridgehead atoms. The molecule has 0 spiro atoms. The number of hydrogen-bond acceptors (Lipinski definition) is 1. The Balaban J connectivity index is 0. The molecule has 0 aromatic carbocycles. The first-order valence-electron chi connectivity index (χ1n) is 20.0. The van der Waals surface area contributed by atoms with E-state index in [0.717, 1.165) is 12.8 Å². The second kappa shape index (κ2) is 45.5. The molecule has 0 aliphatic carbocycles. The van der Waals surface area contributed by atoms with E-state index in [4.69, 9.17) is 0 Å². The Bertz CT molecular complexity index is 533. The van der Waals surface area contributed by atoms with Crippen LogP contribution >= 0.6 is 0 Å². The molecule has 0 fully saturated rings. The van der Waals surface area contributed by atoms with Crippen LogP contribution in [0.5, 0.6) is 0 Å². The molecule has 254 valence electrons. The number of unbranched alkanes of at least 4 members (excludes halogenated alkanes) is 28. The molecule has 0 saturated heterocycles. The van der Waals surface area contributed by atoms with Crippen molar-refractivity contribution in [1.29, 1.82) is 0 Å². The summed E-state index contributed by atoms with van der Waals surface area (Å²) in [5, 5.41) is 3.61. The predicted octanol–water partition coefficient (Wildman–Crippen LogP) is 14.1. The zero-order chi connectivity index (χ0) is 31.6. The molecule has 43 heavy (non-hydrogen) atoms. The van der Waals surface area contributed by atoms with Gasteiger partial charge in [-0.1, -0.05) is 206 Å². The fourth-order valence-electron chi connectivity index (χ4n) is 5.45. The average molecular weight is 600 g/mol. The summed E-state index contributed by atoms with van der Waals surface area (Å²) < 4.78 is 0. The van der Waals surface area contributed by atoms with Crippen LogP contribution in [0.1, 0.15) is 233 Å². The van der Waals surface area contributed by atoms with Crippen molar-refractivity contribution in [1.82, 2.24) is 5.32 Å². The molecule has 0 saturated carbocycles. The van der Waals surface area contributed by atoms with Crippen molar-refractivity contribution >= 4 is 0 Å². The summed E-state index contributed by atoms with van der Waals surface area (Å²) in [6, 6.07) is 0. The maximum atomic E-state index is 3.61. The molecule has 1 nitrogen and oxygen atoms in total. The van der Waals surface area contributed by atoms with Gasteiger partial charge in [0.2, 0.25) is 0 Å². The van der Waals surface area contributed by atoms with E-state index in [1.807, 2.05) is 0 Å². The number of rotatable bonds is 32. The molecule has 1 N–H and O–H groups in total. The summed E-state index contributed by atoms with van der Waals surface area (Å²) >= 11 is 0. The van der Waals surface area contributed by atoms with Gasteiger partial charge in [-0.25, -0.2) is 0 Å². The van der Waals surface area contributed by atoms with Gasteiger partial charge in [-0.3, -0.25) is 0 Å². The molecule has 0 unspecified atom stereocenters. The van der Waals surface area contributed by atoms with Gasteiger partial charge in [0.05, 0.1) is 0 Å². The van der Waals surface area contributed by atoms with Gasteiger partial charge in [-0.2, -0.15) is 0 Å². The van der Waals surface area contributed by atoms with Crippen LogP contribution in [0.3, 0.4) is 0 Å². The van der Waals surface area contributed by atoms with E-state index in [1.165, 1.54) is 206 Å². The maximum Gasteiger partial charge on any atom is 0.00989 e. The first-order valence-corrected chi connectivity index (χ1v) is 20.0. The smallest absolute Gasteiger partial charge is 0.00989 e. The lowest BCUT2D eigenvalue weighted by atomic mass is 10.1. The molecule has 0 atom stereocenters. The molecule has 0 amide bonds. The number of nitrogens with one attached hydrogen (secondary N) is 1. The summed E-state index contributed by atoms with van der Waals surface area (Å²) in [7, 11) is 0. The molecule has 0 aliphatic heterocycles. The molecule has 0 aromatic rings. The van der Waals surface area contributed by atoms with E-state index in [2.05, 4.69) is 56.7 Å². The lowest BCUT2D eigenvalue weighted by molar-refractivity contribution is 0.532. The topological polar surface area (TPSA) is 12.0 Å². The van der Waals surface area contributed by atoms with Gasteiger partial charge >= 0.3 is 0 Å². The predicted molar refractivity (Wildman–Crippen MR) is 199 cm³/mol. The Labute approximate surface area is 274 Å². The molecule has 0 aromatic heterocycles. The van der Waals surface area contributed by atoms with Gasteiger partial charge in [0, 0.05) is 12.8 Å². The highest BCUT2D eigenvalue weighted by molar-refractivity contribution is 5.25. The van der Waals surface area contributed by atoms with Crippen molar-refractivity contribution in [2.45, 2.75) is 233 Å². The Kier molecular flexibility index (Phi) is 46.8. The third kappa shape index (κ3) is 48.2. The first kappa shape index (κ1) is 44.2. The van der Waals surface area contributed by atoms with Gasteiger partial charge in [0.1, 0.15) is 0 Å². The Hall–Kier alpha value is -0.920. The first-order chi connectivity index (χ1) is 21.3. The van der Waals surface area contributed by atoms with E-state index in [9.17, 15) is 0 Å². The standard InChI is InChI=1S/C22H38.C20H43N/c1-3-5-7-9-11-13-15-17-19-21-22-20-18-16-14-12-10-8-6-4-2;1-3-5-7-9-11-13-15-17-19-21-20-18-16-14-12-10-8-6-4-2/h3-18H2,1-2H3;21H,3-20H2,1-2H3. The summed E-state index contributed by atoms with van der Waals surface area (Å²) in [4.78, 5) is 0. The highest BCUT2D eigenvalue weighted by Gasteiger charge is 1.94. The van der Waals surface area contributed by atoms with E-state index < -0.39 is 0 Å². The summed E-state index contributed by atoms with van der Waals surface area (Å²) in [6.07, 6.45) is 43.9. The minimum Gasteiger partial charge on any atom is -0.317 e. The van der Waals surface area contributed by atoms with Gasteiger partial charge in [0.25, 0.3) is 0 Å². The second-order valence-electron chi connectivity index (χ2n) is 13.0. The van der Waals surface area contributed by atoms with Crippen LogP contribution < -0.4 is 5.32 Å². The van der Waals surface area contributed by atoms with Crippen LogP contribution in [0, 0.1) is 23.7 Å². The lowest BCUT2D eigenvalue weighted by Gasteiger charge is -2.05. The van der Waals surface area contributed by atoms with Gasteiger partial charge in [-0.15, -0.1) is 0 Å². The van der Waals surface area contributed by atoms with Gasteiger partial charge in [-0.05, 0) is 50.6 Å². The molecule has 0 aliphatic rings. The molecular formula is C42H81N. The van der Waals surface area contributed by atoms with Crippen molar-refractivity contribution in [3.05, 3.63) is 0 Å². The van der Waals surface area contributed by atoms with Crippen LogP contribution in [-0.2, 0) is 0 Å². The third-order valence-corrected chi connectivity index (χ3v) is 8.46. The van der Waals surface area contributed by atoms with Crippen LogP contribution in [0.25, 0.3) is 0 Å². The van der Waals surface area contributed by atoms with Crippen LogP contribution in [0.4, 0.5) is 0 Å². The highest BCUT2D eigenvalue weighted by Crippen LogP contribution is 2.10. The zero-order valence-electron chi connectivity index (χ0n) is 30.5. The monoisotopic (exact) mass is 600 g/mol. The summed E-state index contributed by atoms with van der Waals surface area (Å²) in [6.45, 7) is 11.6. The Morgan fingerprint density at radius 3 is 0.791 bits per heavy atom. The fourth-order valence-corrected chi connectivity index (χ4v) is 5.45. The minimum absolute atomic E-state index is 1.03. The minimum atomic E-state index is 1.03. The zero-order valence-corrected chi connectivity index (χ0v) is 30.5. The maximum absolute atomic E-state index is 3.61. The Morgan fingerprint density at radius 1 is 0.279 bits per heavy atom. The normalized spacial score (nSPS) is 10.4. The summed E-state index contributed by atoms with van der Waals surface area (Å²) in [5.74, 6) is 12.4. The van der Waals surface area contributed by atoms with Gasteiger partial charge < -0.3 is 5.32 Å². The van der Waals surface area contributed by atoms with Crippen molar-refractivity contribution in [3.8, 4) is 23.7 Å². The van der Waals surface area contributed by atoms with Crippen molar-refractivity contribution in [3.63, 3.8) is 0 Å². The molecule has 0 rings (SSSR count). The fraction of sp³-hybridized carbons (Fsp3) is 0.905. The Morgan fingerprint density at radius 2 is 0.512 bits per heavy atom. The van der Waals surface area contributed by atoms with Crippen molar-refractivity contribution in [2.24, 2.45) is 0 Å². The van der Waals surface area contributed by atoms with Crippen LogP contribution in [0.2, 0.25) is 0 Å². The largest absolute Gasteiger partial charge is 0.317 e. The average Bonchev–Trinajstić information content (AvgIpc) is 3.02. The van der Waals surface area contributed by atoms with Gasteiger partial charge in [0.15, 0.2) is 0 Å². The molecule has 0 heterocycles. The summed E-state index contributed by atoms with van der Waals surface area (Å²) in [5.41, 5.74) is 0. The molecule has 1 heteroatoms. The van der Waals surface area contributed by atoms with E-state index >= 15 is 0 Å². The van der Waals surface area contributed by atoms with E-state index in [1.54, 1.807) is 0 Å². The second-order valence-corrected chi connectivity index (χ2v) is 13.0. The van der Waals surface area contributed by atoms with E-state index in [0.29, 0.717) is 0 Å².